The Balaban J connectivity index is 0. The Kier molecular flexibility index (Phi) is 29.3. The van der Waals surface area contributed by atoms with E-state index >= 15 is 0 Å². The molecule has 32 heavy (non-hydrogen) atoms. The maximum atomic E-state index is 10.9. The first-order valence-electron chi connectivity index (χ1n) is 13.0. The van der Waals surface area contributed by atoms with Crippen LogP contribution < -0.4 is 0 Å². The van der Waals surface area contributed by atoms with Crippen molar-refractivity contribution < 1.29 is 28.7 Å². The topological polar surface area (TPSA) is 85.2 Å². The molecule has 0 fully saturated rings. The van der Waals surface area contributed by atoms with Crippen LogP contribution in [-0.2, 0) is 18.9 Å². The zero-order chi connectivity index (χ0) is 23.0. The molecule has 0 aliphatic rings. The average molecular weight is 491 g/mol. The van der Waals surface area contributed by atoms with Gasteiger partial charge in [0, 0.05) is 13.0 Å². The normalized spacial score (nSPS) is 12.6. The summed E-state index contributed by atoms with van der Waals surface area (Å²) >= 11 is 0. The summed E-state index contributed by atoms with van der Waals surface area (Å²) in [4.78, 5) is 22.6. The molecule has 6 nitrogen and oxygen atoms in total. The molecule has 0 aliphatic heterocycles. The maximum absolute atomic E-state index is 10.9. The Labute approximate surface area is 220 Å². The molecular weight excluding hydrogens is 438 g/mol. The molecule has 0 rings (SSSR count). The van der Waals surface area contributed by atoms with Gasteiger partial charge in [-0.3, -0.25) is 0 Å². The molecule has 0 aromatic carbocycles. The fourth-order valence-electron chi connectivity index (χ4n) is 3.69. The summed E-state index contributed by atoms with van der Waals surface area (Å²) in [5.74, 6) is 0. The molecule has 0 aromatic heterocycles. The Morgan fingerprint density at radius 3 is 1.41 bits per heavy atom. The van der Waals surface area contributed by atoms with Crippen LogP contribution >= 0.6 is 7.82 Å². The van der Waals surface area contributed by atoms with Crippen molar-refractivity contribution >= 4 is 37.4 Å². The van der Waals surface area contributed by atoms with Crippen LogP contribution in [0.5, 0.6) is 0 Å². The standard InChI is InChI=1S/C24H51O6P.Na.H/c1-3-5-7-9-11-12-13-14-15-16-17-18-20-22-24(29-30-31(25,26)27)28-23-21-19-10-8-6-4-2;;/h24H,3-23H2,1-2H3,(H2,25,26,27);;. The van der Waals surface area contributed by atoms with Gasteiger partial charge in [-0.05, 0) is 12.8 Å². The van der Waals surface area contributed by atoms with Crippen molar-refractivity contribution in [3.05, 3.63) is 0 Å². The molecule has 0 bridgehead atoms. The molecule has 8 heteroatoms. The molecule has 1 unspecified atom stereocenters. The minimum absolute atomic E-state index is 0. The van der Waals surface area contributed by atoms with Gasteiger partial charge < -0.3 is 14.5 Å². The molecule has 0 spiro atoms. The Bertz CT molecular complexity index is 408. The molecule has 0 heterocycles. The first-order chi connectivity index (χ1) is 15.0. The van der Waals surface area contributed by atoms with Crippen molar-refractivity contribution in [2.24, 2.45) is 0 Å². The van der Waals surface area contributed by atoms with Crippen molar-refractivity contribution in [1.29, 1.82) is 0 Å². The third kappa shape index (κ3) is 29.1. The van der Waals surface area contributed by atoms with Crippen LogP contribution in [0.1, 0.15) is 142 Å². The van der Waals surface area contributed by atoms with E-state index < -0.39 is 14.1 Å². The summed E-state index contributed by atoms with van der Waals surface area (Å²) in [6.45, 7) is 4.98. The van der Waals surface area contributed by atoms with E-state index in [0.29, 0.717) is 13.0 Å². The number of hydrogen-bond donors (Lipinski definition) is 2. The number of rotatable bonds is 25. The Morgan fingerprint density at radius 1 is 0.625 bits per heavy atom. The number of unbranched alkanes of at least 4 members (excludes halogenated alkanes) is 17. The molecule has 0 saturated heterocycles. The summed E-state index contributed by atoms with van der Waals surface area (Å²) in [7, 11) is -4.65. The summed E-state index contributed by atoms with van der Waals surface area (Å²) in [5, 5.41) is 0. The van der Waals surface area contributed by atoms with Crippen LogP contribution in [0.2, 0.25) is 0 Å². The van der Waals surface area contributed by atoms with E-state index in [2.05, 4.69) is 18.5 Å². The van der Waals surface area contributed by atoms with Gasteiger partial charge in [-0.2, -0.15) is 4.89 Å². The molecule has 1 atom stereocenters. The van der Waals surface area contributed by atoms with Crippen molar-refractivity contribution in [3.63, 3.8) is 0 Å². The predicted molar refractivity (Wildman–Crippen MR) is 135 cm³/mol. The average Bonchev–Trinajstić information content (AvgIpc) is 2.73. The molecule has 2 N–H and O–H groups in total. The van der Waals surface area contributed by atoms with E-state index in [1.165, 1.54) is 96.3 Å². The van der Waals surface area contributed by atoms with Crippen molar-refractivity contribution in [3.8, 4) is 0 Å². The van der Waals surface area contributed by atoms with Gasteiger partial charge >= 0.3 is 37.4 Å². The van der Waals surface area contributed by atoms with E-state index in [0.717, 1.165) is 25.7 Å². The molecular formula is C24H52NaO6P. The van der Waals surface area contributed by atoms with Gasteiger partial charge in [0.1, 0.15) is 0 Å². The first-order valence-corrected chi connectivity index (χ1v) is 14.5. The van der Waals surface area contributed by atoms with Gasteiger partial charge in [-0.1, -0.05) is 123 Å². The van der Waals surface area contributed by atoms with Gasteiger partial charge in [-0.15, -0.1) is 4.67 Å². The quantitative estimate of drug-likeness (QED) is 0.0343. The van der Waals surface area contributed by atoms with Crippen LogP contribution in [0.25, 0.3) is 0 Å². The SMILES string of the molecule is CCCCCCCCCCCCCCCC(OCCCCCCCC)OOP(=O)(O)O.[NaH]. The monoisotopic (exact) mass is 490 g/mol. The molecule has 190 valence electrons. The molecule has 0 saturated carbocycles. The third-order valence-corrected chi connectivity index (χ3v) is 5.87. The van der Waals surface area contributed by atoms with Crippen LogP contribution in [0, 0.1) is 0 Å². The number of phosphoric acid groups is 1. The summed E-state index contributed by atoms with van der Waals surface area (Å²) in [5.41, 5.74) is 0. The van der Waals surface area contributed by atoms with Crippen molar-refractivity contribution in [2.75, 3.05) is 6.61 Å². The van der Waals surface area contributed by atoms with Crippen molar-refractivity contribution in [1.82, 2.24) is 0 Å². The van der Waals surface area contributed by atoms with E-state index in [1.807, 2.05) is 0 Å². The second-order valence-electron chi connectivity index (χ2n) is 8.76. The zero-order valence-electron chi connectivity index (χ0n) is 20.4. The third-order valence-electron chi connectivity index (χ3n) is 5.59. The van der Waals surface area contributed by atoms with Gasteiger partial charge in [0.05, 0.1) is 0 Å². The molecule has 0 aliphatic carbocycles. The van der Waals surface area contributed by atoms with Gasteiger partial charge in [0.2, 0.25) is 0 Å². The molecule has 0 amide bonds. The first kappa shape index (κ1) is 35.2. The fourth-order valence-corrected chi connectivity index (χ4v) is 3.90. The van der Waals surface area contributed by atoms with Crippen molar-refractivity contribution in [2.45, 2.75) is 149 Å². The Hall–Kier alpha value is 1.03. The summed E-state index contributed by atoms with van der Waals surface area (Å²) in [6, 6.07) is 0. The van der Waals surface area contributed by atoms with Crippen LogP contribution in [-0.4, -0.2) is 52.2 Å². The summed E-state index contributed by atoms with van der Waals surface area (Å²) in [6.07, 6.45) is 23.5. The van der Waals surface area contributed by atoms with Gasteiger partial charge in [0.15, 0.2) is 6.29 Å². The number of ether oxygens (including phenoxy) is 1. The van der Waals surface area contributed by atoms with E-state index in [1.54, 1.807) is 0 Å². The van der Waals surface area contributed by atoms with E-state index in [4.69, 9.17) is 19.4 Å². The predicted octanol–water partition coefficient (Wildman–Crippen LogP) is 7.56. The van der Waals surface area contributed by atoms with Crippen LogP contribution in [0.3, 0.4) is 0 Å². The van der Waals surface area contributed by atoms with Crippen LogP contribution in [0.4, 0.5) is 0 Å². The van der Waals surface area contributed by atoms with Gasteiger partial charge in [0.25, 0.3) is 0 Å². The van der Waals surface area contributed by atoms with E-state index in [9.17, 15) is 4.57 Å². The van der Waals surface area contributed by atoms with Gasteiger partial charge in [-0.25, -0.2) is 4.57 Å². The molecule has 0 radical (unpaired) electrons. The van der Waals surface area contributed by atoms with E-state index in [-0.39, 0.29) is 29.6 Å². The number of hydrogen-bond acceptors (Lipinski definition) is 4. The fraction of sp³-hybridized carbons (Fsp3) is 1.00. The Morgan fingerprint density at radius 2 is 1.00 bits per heavy atom. The summed E-state index contributed by atoms with van der Waals surface area (Å²) < 4.78 is 20.8. The van der Waals surface area contributed by atoms with Crippen LogP contribution in [0.15, 0.2) is 0 Å². The zero-order valence-corrected chi connectivity index (χ0v) is 21.3. The minimum atomic E-state index is -4.65. The second kappa shape index (κ2) is 26.6. The second-order valence-corrected chi connectivity index (χ2v) is 9.89. The molecule has 0 aromatic rings.